The van der Waals surface area contributed by atoms with Crippen molar-refractivity contribution >= 4 is 21.7 Å². The Balaban J connectivity index is 2.13. The molecule has 94 valence electrons. The first-order valence-corrected chi connectivity index (χ1v) is 6.64. The first-order valence-electron chi connectivity index (χ1n) is 5.84. The standard InChI is InChI=1S/C12H18BrN3O/c1-9-3-4-15-12(11(9)13)16-5-6-17-10(8-16)7-14-2/h3-4,10,14H,5-8H2,1-2H3. The van der Waals surface area contributed by atoms with Gasteiger partial charge in [0.15, 0.2) is 0 Å². The number of aryl methyl sites for hydroxylation is 1. The fraction of sp³-hybridized carbons (Fsp3) is 0.583. The molecule has 4 nitrogen and oxygen atoms in total. The molecule has 5 heteroatoms. The zero-order valence-corrected chi connectivity index (χ0v) is 11.8. The molecule has 1 aromatic rings. The van der Waals surface area contributed by atoms with Crippen LogP contribution in [0.1, 0.15) is 5.56 Å². The molecule has 0 radical (unpaired) electrons. The summed E-state index contributed by atoms with van der Waals surface area (Å²) in [4.78, 5) is 6.74. The SMILES string of the molecule is CNCC1CN(c2nccc(C)c2Br)CCO1. The highest BCUT2D eigenvalue weighted by molar-refractivity contribution is 9.10. The van der Waals surface area contributed by atoms with Gasteiger partial charge in [0.2, 0.25) is 0 Å². The normalized spacial score (nSPS) is 20.6. The van der Waals surface area contributed by atoms with Gasteiger partial charge in [0.1, 0.15) is 5.82 Å². The monoisotopic (exact) mass is 299 g/mol. The Morgan fingerprint density at radius 1 is 1.65 bits per heavy atom. The molecule has 17 heavy (non-hydrogen) atoms. The van der Waals surface area contributed by atoms with Gasteiger partial charge in [-0.05, 0) is 41.5 Å². The van der Waals surface area contributed by atoms with E-state index in [9.17, 15) is 0 Å². The van der Waals surface area contributed by atoms with Gasteiger partial charge in [-0.1, -0.05) is 0 Å². The lowest BCUT2D eigenvalue weighted by Crippen LogP contribution is -2.46. The Labute approximate surface area is 110 Å². The molecule has 1 unspecified atom stereocenters. The largest absolute Gasteiger partial charge is 0.373 e. The van der Waals surface area contributed by atoms with Gasteiger partial charge in [-0.25, -0.2) is 4.98 Å². The van der Waals surface area contributed by atoms with Crippen molar-refractivity contribution in [1.82, 2.24) is 10.3 Å². The first-order chi connectivity index (χ1) is 8.22. The molecule has 1 atom stereocenters. The summed E-state index contributed by atoms with van der Waals surface area (Å²) < 4.78 is 6.78. The number of anilines is 1. The van der Waals surface area contributed by atoms with Gasteiger partial charge in [-0.15, -0.1) is 0 Å². The number of pyridine rings is 1. The van der Waals surface area contributed by atoms with Crippen LogP contribution >= 0.6 is 15.9 Å². The number of hydrogen-bond donors (Lipinski definition) is 1. The van der Waals surface area contributed by atoms with Crippen molar-refractivity contribution in [2.24, 2.45) is 0 Å². The van der Waals surface area contributed by atoms with Gasteiger partial charge in [0.05, 0.1) is 17.2 Å². The van der Waals surface area contributed by atoms with E-state index in [1.807, 2.05) is 19.3 Å². The Hall–Kier alpha value is -0.650. The van der Waals surface area contributed by atoms with Crippen LogP contribution in [0.4, 0.5) is 5.82 Å². The second-order valence-corrected chi connectivity index (χ2v) is 5.05. The van der Waals surface area contributed by atoms with Crippen LogP contribution in [0.2, 0.25) is 0 Å². The maximum Gasteiger partial charge on any atom is 0.143 e. The van der Waals surface area contributed by atoms with Gasteiger partial charge in [-0.2, -0.15) is 0 Å². The molecule has 1 fully saturated rings. The second kappa shape index (κ2) is 5.80. The highest BCUT2D eigenvalue weighted by Crippen LogP contribution is 2.27. The van der Waals surface area contributed by atoms with E-state index in [-0.39, 0.29) is 6.10 Å². The molecule has 1 aromatic heterocycles. The van der Waals surface area contributed by atoms with E-state index in [0.29, 0.717) is 0 Å². The molecule has 2 rings (SSSR count). The van der Waals surface area contributed by atoms with Gasteiger partial charge in [-0.3, -0.25) is 0 Å². The topological polar surface area (TPSA) is 37.4 Å². The Morgan fingerprint density at radius 2 is 2.47 bits per heavy atom. The molecular formula is C12H18BrN3O. The van der Waals surface area contributed by atoms with Crippen LogP contribution in [-0.4, -0.2) is 44.4 Å². The predicted molar refractivity (Wildman–Crippen MR) is 72.6 cm³/mol. The molecule has 1 N–H and O–H groups in total. The second-order valence-electron chi connectivity index (χ2n) is 4.26. The number of aromatic nitrogens is 1. The maximum absolute atomic E-state index is 5.69. The van der Waals surface area contributed by atoms with Crippen LogP contribution < -0.4 is 10.2 Å². The number of likely N-dealkylation sites (N-methyl/N-ethyl adjacent to an activating group) is 1. The molecule has 0 aromatic carbocycles. The summed E-state index contributed by atoms with van der Waals surface area (Å²) in [6.07, 6.45) is 2.10. The summed E-state index contributed by atoms with van der Waals surface area (Å²) in [6.45, 7) is 5.50. The number of nitrogens with zero attached hydrogens (tertiary/aromatic N) is 2. The summed E-state index contributed by atoms with van der Waals surface area (Å²) in [7, 11) is 1.95. The molecule has 1 aliphatic heterocycles. The molecule has 0 bridgehead atoms. The van der Waals surface area contributed by atoms with Crippen molar-refractivity contribution in [3.05, 3.63) is 22.3 Å². The fourth-order valence-electron chi connectivity index (χ4n) is 2.01. The third-order valence-corrected chi connectivity index (χ3v) is 3.91. The molecule has 0 spiro atoms. The Morgan fingerprint density at radius 3 is 3.24 bits per heavy atom. The van der Waals surface area contributed by atoms with E-state index in [1.54, 1.807) is 0 Å². The molecule has 2 heterocycles. The molecule has 1 saturated heterocycles. The predicted octanol–water partition coefficient (Wildman–Crippen LogP) is 1.58. The number of nitrogens with one attached hydrogen (secondary N) is 1. The van der Waals surface area contributed by atoms with Crippen molar-refractivity contribution in [3.63, 3.8) is 0 Å². The molecule has 1 aliphatic rings. The molecular weight excluding hydrogens is 282 g/mol. The van der Waals surface area contributed by atoms with E-state index in [4.69, 9.17) is 4.74 Å². The van der Waals surface area contributed by atoms with Crippen molar-refractivity contribution in [3.8, 4) is 0 Å². The quantitative estimate of drug-likeness (QED) is 0.919. The summed E-state index contributed by atoms with van der Waals surface area (Å²) >= 11 is 3.61. The van der Waals surface area contributed by atoms with Gasteiger partial charge in [0.25, 0.3) is 0 Å². The van der Waals surface area contributed by atoms with Crippen LogP contribution in [0, 0.1) is 6.92 Å². The minimum Gasteiger partial charge on any atom is -0.373 e. The number of morpholine rings is 1. The summed E-state index contributed by atoms with van der Waals surface area (Å²) in [5.41, 5.74) is 1.21. The highest BCUT2D eigenvalue weighted by Gasteiger charge is 2.22. The van der Waals surface area contributed by atoms with Gasteiger partial charge in [0, 0.05) is 25.8 Å². The van der Waals surface area contributed by atoms with Crippen molar-refractivity contribution < 1.29 is 4.74 Å². The lowest BCUT2D eigenvalue weighted by molar-refractivity contribution is 0.0418. The lowest BCUT2D eigenvalue weighted by atomic mass is 10.2. The summed E-state index contributed by atoms with van der Waals surface area (Å²) in [6, 6.07) is 2.01. The number of ether oxygens (including phenoxy) is 1. The van der Waals surface area contributed by atoms with Gasteiger partial charge >= 0.3 is 0 Å². The van der Waals surface area contributed by atoms with E-state index in [0.717, 1.165) is 36.5 Å². The van der Waals surface area contributed by atoms with Crippen molar-refractivity contribution in [1.29, 1.82) is 0 Å². The van der Waals surface area contributed by atoms with E-state index in [2.05, 4.69) is 38.1 Å². The minimum absolute atomic E-state index is 0.239. The molecule has 0 aliphatic carbocycles. The average molecular weight is 300 g/mol. The van der Waals surface area contributed by atoms with Crippen LogP contribution in [0.15, 0.2) is 16.7 Å². The Bertz CT molecular complexity index is 384. The first kappa shape index (κ1) is 12.8. The van der Waals surface area contributed by atoms with Crippen LogP contribution in [0.25, 0.3) is 0 Å². The average Bonchev–Trinajstić information content (AvgIpc) is 2.33. The van der Waals surface area contributed by atoms with Crippen molar-refractivity contribution in [2.45, 2.75) is 13.0 Å². The third-order valence-electron chi connectivity index (χ3n) is 2.93. The zero-order valence-electron chi connectivity index (χ0n) is 10.2. The molecule has 0 amide bonds. The Kier molecular flexibility index (Phi) is 4.36. The fourth-order valence-corrected chi connectivity index (χ4v) is 2.49. The van der Waals surface area contributed by atoms with Crippen LogP contribution in [0.3, 0.4) is 0 Å². The van der Waals surface area contributed by atoms with E-state index in [1.165, 1.54) is 5.56 Å². The number of hydrogen-bond acceptors (Lipinski definition) is 4. The number of rotatable bonds is 3. The summed E-state index contributed by atoms with van der Waals surface area (Å²) in [5.74, 6) is 1.02. The van der Waals surface area contributed by atoms with Crippen LogP contribution in [0.5, 0.6) is 0 Å². The molecule has 0 saturated carbocycles. The van der Waals surface area contributed by atoms with E-state index < -0.39 is 0 Å². The lowest BCUT2D eigenvalue weighted by Gasteiger charge is -2.34. The zero-order chi connectivity index (χ0) is 12.3. The highest BCUT2D eigenvalue weighted by atomic mass is 79.9. The third kappa shape index (κ3) is 2.97. The number of halogens is 1. The maximum atomic E-state index is 5.69. The summed E-state index contributed by atoms with van der Waals surface area (Å²) in [5, 5.41) is 3.15. The van der Waals surface area contributed by atoms with Crippen LogP contribution in [-0.2, 0) is 4.74 Å². The van der Waals surface area contributed by atoms with Crippen molar-refractivity contribution in [2.75, 3.05) is 38.2 Å². The minimum atomic E-state index is 0.239. The smallest absolute Gasteiger partial charge is 0.143 e. The van der Waals surface area contributed by atoms with Gasteiger partial charge < -0.3 is 15.0 Å². The van der Waals surface area contributed by atoms with E-state index >= 15 is 0 Å².